The lowest BCUT2D eigenvalue weighted by atomic mass is 10.1. The van der Waals surface area contributed by atoms with E-state index >= 15 is 0 Å². The molecule has 174 valence electrons. The van der Waals surface area contributed by atoms with Crippen molar-refractivity contribution in [2.24, 2.45) is 0 Å². The molecule has 2 aliphatic rings. The first kappa shape index (κ1) is 22.7. The van der Waals surface area contributed by atoms with Gasteiger partial charge in [-0.3, -0.25) is 23.2 Å². The van der Waals surface area contributed by atoms with Gasteiger partial charge in [0.1, 0.15) is 18.5 Å². The molecule has 0 spiro atoms. The van der Waals surface area contributed by atoms with Gasteiger partial charge in [0.25, 0.3) is 0 Å². The third-order valence-corrected chi connectivity index (χ3v) is 6.02. The number of anilines is 1. The molecule has 13 nitrogen and oxygen atoms in total. The molecular formula is C18H24N5O8P. The first-order chi connectivity index (χ1) is 15.3. The predicted octanol–water partition coefficient (Wildman–Crippen LogP) is 1.69. The molecule has 0 radical (unpaired) electrons. The number of carbonyl (C=O) groups is 2. The van der Waals surface area contributed by atoms with Crippen molar-refractivity contribution in [3.05, 3.63) is 12.7 Å². The summed E-state index contributed by atoms with van der Waals surface area (Å²) < 4.78 is 35.1. The highest BCUT2D eigenvalue weighted by atomic mass is 31.2. The molecule has 2 N–H and O–H groups in total. The van der Waals surface area contributed by atoms with Crippen molar-refractivity contribution in [1.29, 1.82) is 0 Å². The summed E-state index contributed by atoms with van der Waals surface area (Å²) in [6.07, 6.45) is 0.639. The molecule has 5 atom stereocenters. The number of aromatic nitrogens is 4. The number of nitrogens with zero attached hydrogens (tertiary/aromatic N) is 4. The van der Waals surface area contributed by atoms with E-state index in [1.807, 2.05) is 13.8 Å². The summed E-state index contributed by atoms with van der Waals surface area (Å²) in [5, 5.41) is 2.70. The molecule has 4 rings (SSSR count). The van der Waals surface area contributed by atoms with E-state index in [1.54, 1.807) is 0 Å². The lowest BCUT2D eigenvalue weighted by Crippen LogP contribution is -2.41. The Morgan fingerprint density at radius 2 is 2.06 bits per heavy atom. The van der Waals surface area contributed by atoms with Crippen LogP contribution in [0.25, 0.3) is 11.2 Å². The number of fused-ring (bicyclic) bond motifs is 2. The molecule has 0 bridgehead atoms. The fourth-order valence-corrected chi connectivity index (χ4v) is 4.60. The van der Waals surface area contributed by atoms with Gasteiger partial charge in [-0.2, -0.15) is 0 Å². The molecule has 2 fully saturated rings. The van der Waals surface area contributed by atoms with Crippen LogP contribution in [-0.2, 0) is 32.7 Å². The third kappa shape index (κ3) is 4.52. The van der Waals surface area contributed by atoms with Crippen LogP contribution in [0.1, 0.15) is 45.8 Å². The second kappa shape index (κ2) is 9.20. The molecule has 0 aromatic carbocycles. The summed E-state index contributed by atoms with van der Waals surface area (Å²) in [7, 11) is -4.30. The zero-order valence-electron chi connectivity index (χ0n) is 17.5. The van der Waals surface area contributed by atoms with E-state index in [0.717, 1.165) is 0 Å². The molecule has 0 aliphatic carbocycles. The van der Waals surface area contributed by atoms with Crippen LogP contribution < -0.4 is 5.32 Å². The third-order valence-electron chi connectivity index (χ3n) is 5.03. The highest BCUT2D eigenvalue weighted by Crippen LogP contribution is 2.53. The van der Waals surface area contributed by atoms with Gasteiger partial charge in [0.2, 0.25) is 5.91 Å². The molecule has 1 amide bonds. The first-order valence-corrected chi connectivity index (χ1v) is 11.8. The van der Waals surface area contributed by atoms with Crippen molar-refractivity contribution in [2.45, 2.75) is 64.1 Å². The molecule has 2 aromatic rings. The fraction of sp³-hybridized carbons (Fsp3) is 0.611. The molecule has 32 heavy (non-hydrogen) atoms. The Kier molecular flexibility index (Phi) is 6.54. The number of phosphoric acid groups is 1. The molecule has 4 heterocycles. The Hall–Kier alpha value is -2.44. The van der Waals surface area contributed by atoms with E-state index in [9.17, 15) is 19.0 Å². The Morgan fingerprint density at radius 1 is 1.28 bits per heavy atom. The minimum absolute atomic E-state index is 0.161. The lowest BCUT2D eigenvalue weighted by molar-refractivity contribution is -0.158. The number of ether oxygens (including phenoxy) is 2. The number of imidazole rings is 1. The molecule has 1 unspecified atom stereocenters. The molecular weight excluding hydrogens is 445 g/mol. The molecule has 14 heteroatoms. The molecule has 2 aliphatic heterocycles. The summed E-state index contributed by atoms with van der Waals surface area (Å²) in [5.41, 5.74) is 0.638. The number of hydrogen-bond acceptors (Lipinski definition) is 10. The van der Waals surface area contributed by atoms with Crippen LogP contribution in [0.2, 0.25) is 0 Å². The number of phosphoric ester groups is 1. The highest BCUT2D eigenvalue weighted by molar-refractivity contribution is 7.47. The van der Waals surface area contributed by atoms with Gasteiger partial charge in [0.05, 0.1) is 12.9 Å². The van der Waals surface area contributed by atoms with Gasteiger partial charge in [0, 0.05) is 12.8 Å². The van der Waals surface area contributed by atoms with E-state index in [1.165, 1.54) is 17.2 Å². The van der Waals surface area contributed by atoms with Crippen molar-refractivity contribution in [3.8, 4) is 0 Å². The van der Waals surface area contributed by atoms with Crippen LogP contribution in [0.15, 0.2) is 12.7 Å². The van der Waals surface area contributed by atoms with E-state index in [-0.39, 0.29) is 24.8 Å². The van der Waals surface area contributed by atoms with E-state index < -0.39 is 38.3 Å². The normalized spacial score (nSPS) is 29.6. The number of nitrogens with one attached hydrogen (secondary N) is 1. The summed E-state index contributed by atoms with van der Waals surface area (Å²) in [4.78, 5) is 46.7. The minimum atomic E-state index is -4.30. The zero-order valence-corrected chi connectivity index (χ0v) is 18.4. The summed E-state index contributed by atoms with van der Waals surface area (Å²) >= 11 is 0. The van der Waals surface area contributed by atoms with E-state index in [0.29, 0.717) is 30.4 Å². The zero-order chi connectivity index (χ0) is 22.9. The Bertz CT molecular complexity index is 1060. The number of esters is 1. The van der Waals surface area contributed by atoms with E-state index in [4.69, 9.17) is 18.5 Å². The Labute approximate surface area is 183 Å². The van der Waals surface area contributed by atoms with Gasteiger partial charge in [0.15, 0.2) is 29.3 Å². The van der Waals surface area contributed by atoms with Gasteiger partial charge >= 0.3 is 13.8 Å². The second-order valence-electron chi connectivity index (χ2n) is 7.45. The number of hydrogen-bond donors (Lipinski definition) is 2. The maximum Gasteiger partial charge on any atom is 0.472 e. The lowest BCUT2D eigenvalue weighted by Gasteiger charge is -2.29. The Morgan fingerprint density at radius 3 is 2.81 bits per heavy atom. The molecule has 2 saturated heterocycles. The number of carbonyl (C=O) groups excluding carboxylic acids is 2. The average Bonchev–Trinajstić information content (AvgIpc) is 3.30. The van der Waals surface area contributed by atoms with Crippen LogP contribution in [0.5, 0.6) is 0 Å². The highest BCUT2D eigenvalue weighted by Gasteiger charge is 2.55. The summed E-state index contributed by atoms with van der Waals surface area (Å²) in [6, 6.07) is 0. The first-order valence-electron chi connectivity index (χ1n) is 10.3. The van der Waals surface area contributed by atoms with Gasteiger partial charge in [-0.1, -0.05) is 13.8 Å². The van der Waals surface area contributed by atoms with Crippen LogP contribution in [0.4, 0.5) is 5.82 Å². The minimum Gasteiger partial charge on any atom is -0.455 e. The maximum absolute atomic E-state index is 12.3. The smallest absolute Gasteiger partial charge is 0.455 e. The van der Waals surface area contributed by atoms with Crippen LogP contribution in [-0.4, -0.2) is 61.2 Å². The SMILES string of the molecule is CCCC(=O)Nc1ncnc2c1ncn2[C@H]1O[C@H]2COP(=O)(O)O[C@@H]2[C@@H]1OC(=O)CCC. The van der Waals surface area contributed by atoms with E-state index in [2.05, 4.69) is 20.3 Å². The second-order valence-corrected chi connectivity index (χ2v) is 8.85. The van der Waals surface area contributed by atoms with Gasteiger partial charge in [-0.15, -0.1) is 0 Å². The van der Waals surface area contributed by atoms with Crippen molar-refractivity contribution < 1.29 is 37.6 Å². The maximum atomic E-state index is 12.3. The average molecular weight is 469 g/mol. The van der Waals surface area contributed by atoms with Crippen molar-refractivity contribution in [3.63, 3.8) is 0 Å². The fourth-order valence-electron chi connectivity index (χ4n) is 3.64. The number of rotatable bonds is 7. The van der Waals surface area contributed by atoms with Crippen molar-refractivity contribution >= 4 is 36.7 Å². The van der Waals surface area contributed by atoms with Crippen LogP contribution >= 0.6 is 7.82 Å². The summed E-state index contributed by atoms with van der Waals surface area (Å²) in [5.74, 6) is -0.469. The predicted molar refractivity (Wildman–Crippen MR) is 108 cm³/mol. The topological polar surface area (TPSA) is 164 Å². The standard InChI is InChI=1S/C18H24N5O8P/c1-3-5-11(24)22-16-13-17(20-8-19-16)23(9-21-13)18-15(30-12(25)6-4-2)14-10(29-18)7-28-32(26,27)31-14/h8-10,14-15,18H,3-7H2,1-2H3,(H,26,27)(H,19,20,22,24)/t10-,14-,15-,18-/m0/s1. The van der Waals surface area contributed by atoms with Crippen LogP contribution in [0, 0.1) is 0 Å². The quantitative estimate of drug-likeness (QED) is 0.448. The monoisotopic (exact) mass is 469 g/mol. The summed E-state index contributed by atoms with van der Waals surface area (Å²) in [6.45, 7) is 3.50. The van der Waals surface area contributed by atoms with Gasteiger partial charge in [-0.05, 0) is 12.8 Å². The Balaban J connectivity index is 1.68. The van der Waals surface area contributed by atoms with Gasteiger partial charge < -0.3 is 19.7 Å². The number of amides is 1. The van der Waals surface area contributed by atoms with Crippen LogP contribution in [0.3, 0.4) is 0 Å². The van der Waals surface area contributed by atoms with Crippen molar-refractivity contribution in [1.82, 2.24) is 19.5 Å². The largest absolute Gasteiger partial charge is 0.472 e. The molecule has 0 saturated carbocycles. The van der Waals surface area contributed by atoms with Gasteiger partial charge in [-0.25, -0.2) is 19.5 Å². The molecule has 2 aromatic heterocycles. The van der Waals surface area contributed by atoms with Crippen molar-refractivity contribution in [2.75, 3.05) is 11.9 Å².